The highest BCUT2D eigenvalue weighted by atomic mass is 16.2. The molecule has 0 saturated carbocycles. The molecule has 3 heterocycles. The van der Waals surface area contributed by atoms with Gasteiger partial charge in [-0.1, -0.05) is 37.3 Å². The highest BCUT2D eigenvalue weighted by Crippen LogP contribution is 2.29. The number of fused-ring (bicyclic) bond motifs is 1. The summed E-state index contributed by atoms with van der Waals surface area (Å²) < 4.78 is 0. The van der Waals surface area contributed by atoms with Crippen molar-refractivity contribution in [2.45, 2.75) is 26.3 Å². The zero-order valence-corrected chi connectivity index (χ0v) is 17.0. The molecule has 1 aromatic carbocycles. The predicted molar refractivity (Wildman–Crippen MR) is 114 cm³/mol. The van der Waals surface area contributed by atoms with Crippen LogP contribution in [-0.4, -0.2) is 77.4 Å². The molecule has 1 atom stereocenters. The molecule has 28 heavy (non-hydrogen) atoms. The molecule has 2 aromatic rings. The Labute approximate surface area is 167 Å². The minimum absolute atomic E-state index is 0.0587. The third-order valence-corrected chi connectivity index (χ3v) is 6.29. The lowest BCUT2D eigenvalue weighted by Crippen LogP contribution is -2.54. The SMILES string of the molecule is CCN1CCN(C(=O)[C@@H](C)N2CC=C(c3cncc4ccccc34)CC2)CC1. The number of carbonyl (C=O) groups is 1. The van der Waals surface area contributed by atoms with Gasteiger partial charge in [-0.05, 0) is 30.8 Å². The molecule has 2 aliphatic rings. The maximum atomic E-state index is 13.0. The molecule has 0 radical (unpaired) electrons. The van der Waals surface area contributed by atoms with Crippen LogP contribution in [0.15, 0.2) is 42.7 Å². The third kappa shape index (κ3) is 3.82. The highest BCUT2D eigenvalue weighted by molar-refractivity contribution is 5.93. The smallest absolute Gasteiger partial charge is 0.239 e. The number of pyridine rings is 1. The number of amides is 1. The number of benzene rings is 1. The number of aromatic nitrogens is 1. The zero-order chi connectivity index (χ0) is 19.5. The van der Waals surface area contributed by atoms with E-state index in [9.17, 15) is 4.79 Å². The van der Waals surface area contributed by atoms with E-state index in [-0.39, 0.29) is 11.9 Å². The summed E-state index contributed by atoms with van der Waals surface area (Å²) in [6.07, 6.45) is 7.14. The van der Waals surface area contributed by atoms with Crippen LogP contribution >= 0.6 is 0 Å². The lowest BCUT2D eigenvalue weighted by atomic mass is 9.95. The van der Waals surface area contributed by atoms with Gasteiger partial charge in [0.1, 0.15) is 0 Å². The molecule has 1 fully saturated rings. The molecular weight excluding hydrogens is 348 g/mol. The van der Waals surface area contributed by atoms with E-state index >= 15 is 0 Å². The first kappa shape index (κ1) is 19.1. The van der Waals surface area contributed by atoms with Gasteiger partial charge in [-0.25, -0.2) is 0 Å². The highest BCUT2D eigenvalue weighted by Gasteiger charge is 2.29. The average Bonchev–Trinajstić information content (AvgIpc) is 2.78. The summed E-state index contributed by atoms with van der Waals surface area (Å²) in [6.45, 7) is 10.7. The first-order valence-corrected chi connectivity index (χ1v) is 10.4. The van der Waals surface area contributed by atoms with E-state index in [0.29, 0.717) is 0 Å². The van der Waals surface area contributed by atoms with Crippen LogP contribution in [0.4, 0.5) is 0 Å². The van der Waals surface area contributed by atoms with E-state index in [2.05, 4.69) is 59.0 Å². The fraction of sp³-hybridized carbons (Fsp3) is 0.478. The second-order valence-corrected chi connectivity index (χ2v) is 7.82. The number of hydrogen-bond acceptors (Lipinski definition) is 4. The number of nitrogens with zero attached hydrogens (tertiary/aromatic N) is 4. The summed E-state index contributed by atoms with van der Waals surface area (Å²) >= 11 is 0. The van der Waals surface area contributed by atoms with Gasteiger partial charge in [0.15, 0.2) is 0 Å². The number of rotatable bonds is 4. The maximum absolute atomic E-state index is 13.0. The van der Waals surface area contributed by atoms with Crippen LogP contribution in [0.2, 0.25) is 0 Å². The lowest BCUT2D eigenvalue weighted by Gasteiger charge is -2.38. The second kappa shape index (κ2) is 8.41. The van der Waals surface area contributed by atoms with Crippen molar-refractivity contribution >= 4 is 22.3 Å². The lowest BCUT2D eigenvalue weighted by molar-refractivity contribution is -0.138. The summed E-state index contributed by atoms with van der Waals surface area (Å²) in [7, 11) is 0. The van der Waals surface area contributed by atoms with Gasteiger partial charge >= 0.3 is 0 Å². The van der Waals surface area contributed by atoms with Crippen LogP contribution in [0, 0.1) is 0 Å². The van der Waals surface area contributed by atoms with E-state index in [1.165, 1.54) is 21.9 Å². The standard InChI is InChI=1S/C23H30N4O/c1-3-25-12-14-27(15-13-25)23(28)18(2)26-10-8-19(9-11-26)22-17-24-16-20-6-4-5-7-21(20)22/h4-8,16-18H,3,9-15H2,1-2H3/t18-/m1/s1. The summed E-state index contributed by atoms with van der Waals surface area (Å²) in [6, 6.07) is 8.36. The summed E-state index contributed by atoms with van der Waals surface area (Å²) in [5.41, 5.74) is 2.57. The fourth-order valence-electron chi connectivity index (χ4n) is 4.36. The minimum atomic E-state index is -0.0587. The van der Waals surface area contributed by atoms with Gasteiger partial charge in [-0.2, -0.15) is 0 Å². The van der Waals surface area contributed by atoms with Crippen LogP contribution < -0.4 is 0 Å². The Bertz CT molecular complexity index is 865. The summed E-state index contributed by atoms with van der Waals surface area (Å²) in [5, 5.41) is 2.44. The molecule has 1 saturated heterocycles. The molecule has 0 spiro atoms. The van der Waals surface area contributed by atoms with Crippen LogP contribution in [-0.2, 0) is 4.79 Å². The number of likely N-dealkylation sites (N-methyl/N-ethyl adjacent to an activating group) is 1. The number of hydrogen-bond donors (Lipinski definition) is 0. The minimum Gasteiger partial charge on any atom is -0.339 e. The molecule has 5 heteroatoms. The predicted octanol–water partition coefficient (Wildman–Crippen LogP) is 2.88. The van der Waals surface area contributed by atoms with Crippen molar-refractivity contribution in [3.8, 4) is 0 Å². The average molecular weight is 379 g/mol. The summed E-state index contributed by atoms with van der Waals surface area (Å²) in [5.74, 6) is 0.277. The largest absolute Gasteiger partial charge is 0.339 e. The van der Waals surface area contributed by atoms with Gasteiger partial charge in [0.2, 0.25) is 5.91 Å². The Morgan fingerprint density at radius 1 is 1.11 bits per heavy atom. The zero-order valence-electron chi connectivity index (χ0n) is 17.0. The van der Waals surface area contributed by atoms with Gasteiger partial charge in [0.25, 0.3) is 0 Å². The maximum Gasteiger partial charge on any atom is 0.239 e. The number of carbonyl (C=O) groups excluding carboxylic acids is 1. The van der Waals surface area contributed by atoms with Crippen LogP contribution in [0.5, 0.6) is 0 Å². The Morgan fingerprint density at radius 3 is 2.61 bits per heavy atom. The molecule has 0 N–H and O–H groups in total. The van der Waals surface area contributed by atoms with Crippen molar-refractivity contribution in [1.82, 2.24) is 19.7 Å². The Balaban J connectivity index is 1.43. The Hall–Kier alpha value is -2.24. The summed E-state index contributed by atoms with van der Waals surface area (Å²) in [4.78, 5) is 24.1. The third-order valence-electron chi connectivity index (χ3n) is 6.29. The Kier molecular flexibility index (Phi) is 5.74. The van der Waals surface area contributed by atoms with Crippen LogP contribution in [0.1, 0.15) is 25.8 Å². The number of piperazine rings is 1. The quantitative estimate of drug-likeness (QED) is 0.820. The van der Waals surface area contributed by atoms with Gasteiger partial charge in [0, 0.05) is 62.6 Å². The van der Waals surface area contributed by atoms with Gasteiger partial charge in [0.05, 0.1) is 6.04 Å². The molecule has 4 rings (SSSR count). The molecular formula is C23H30N4O. The fourth-order valence-corrected chi connectivity index (χ4v) is 4.36. The molecule has 1 aromatic heterocycles. The van der Waals surface area contributed by atoms with E-state index in [1.54, 1.807) is 0 Å². The van der Waals surface area contributed by atoms with Crippen molar-refractivity contribution in [2.75, 3.05) is 45.8 Å². The van der Waals surface area contributed by atoms with Gasteiger partial charge < -0.3 is 9.80 Å². The van der Waals surface area contributed by atoms with E-state index in [4.69, 9.17) is 0 Å². The normalized spacial score (nSPS) is 20.2. The molecule has 1 amide bonds. The molecule has 148 valence electrons. The van der Waals surface area contributed by atoms with Crippen molar-refractivity contribution < 1.29 is 4.79 Å². The van der Waals surface area contributed by atoms with Crippen LogP contribution in [0.25, 0.3) is 16.3 Å². The van der Waals surface area contributed by atoms with E-state index in [1.807, 2.05) is 17.3 Å². The Morgan fingerprint density at radius 2 is 1.89 bits per heavy atom. The van der Waals surface area contributed by atoms with E-state index < -0.39 is 0 Å². The molecule has 0 bridgehead atoms. The van der Waals surface area contributed by atoms with Gasteiger partial charge in [-0.15, -0.1) is 0 Å². The molecule has 5 nitrogen and oxygen atoms in total. The topological polar surface area (TPSA) is 39.7 Å². The van der Waals surface area contributed by atoms with Crippen molar-refractivity contribution in [2.24, 2.45) is 0 Å². The van der Waals surface area contributed by atoms with E-state index in [0.717, 1.165) is 52.2 Å². The van der Waals surface area contributed by atoms with Gasteiger partial charge in [-0.3, -0.25) is 14.7 Å². The van der Waals surface area contributed by atoms with Crippen LogP contribution in [0.3, 0.4) is 0 Å². The second-order valence-electron chi connectivity index (χ2n) is 7.82. The molecule has 2 aliphatic heterocycles. The molecule has 0 unspecified atom stereocenters. The van der Waals surface area contributed by atoms with Crippen molar-refractivity contribution in [3.05, 3.63) is 48.3 Å². The first-order valence-electron chi connectivity index (χ1n) is 10.4. The monoisotopic (exact) mass is 378 g/mol. The first-order chi connectivity index (χ1) is 13.7. The van der Waals surface area contributed by atoms with Crippen molar-refractivity contribution in [3.63, 3.8) is 0 Å². The van der Waals surface area contributed by atoms with Crippen molar-refractivity contribution in [1.29, 1.82) is 0 Å². The molecule has 0 aliphatic carbocycles.